The number of rotatable bonds is 5. The molecule has 0 aliphatic rings. The molecule has 1 atom stereocenters. The standard InChI is InChI=1S/C20H18ClFN4O/c1-14(15-6-8-16(9-7-15)26-13-23-12-24-26)25(2)20(27)11-10-17-18(21)4-3-5-19(17)22/h3-14H,1-2H3/b11-10+/t14-/m0/s1. The fourth-order valence-corrected chi connectivity index (χ4v) is 2.83. The van der Waals surface area contributed by atoms with E-state index in [1.54, 1.807) is 29.0 Å². The summed E-state index contributed by atoms with van der Waals surface area (Å²) in [5.41, 5.74) is 2.05. The third-order valence-corrected chi connectivity index (χ3v) is 4.71. The summed E-state index contributed by atoms with van der Waals surface area (Å²) in [6, 6.07) is 11.9. The zero-order valence-electron chi connectivity index (χ0n) is 14.9. The van der Waals surface area contributed by atoms with Crippen LogP contribution in [0.5, 0.6) is 0 Å². The first-order valence-electron chi connectivity index (χ1n) is 8.31. The maximum Gasteiger partial charge on any atom is 0.246 e. The average Bonchev–Trinajstić information content (AvgIpc) is 3.21. The topological polar surface area (TPSA) is 51.0 Å². The lowest BCUT2D eigenvalue weighted by Gasteiger charge is -2.24. The molecule has 0 spiro atoms. The van der Waals surface area contributed by atoms with Gasteiger partial charge in [-0.3, -0.25) is 4.79 Å². The third-order valence-electron chi connectivity index (χ3n) is 4.38. The normalized spacial score (nSPS) is 12.3. The van der Waals surface area contributed by atoms with Crippen molar-refractivity contribution >= 4 is 23.6 Å². The maximum atomic E-state index is 13.8. The molecule has 138 valence electrons. The first-order valence-corrected chi connectivity index (χ1v) is 8.69. The minimum absolute atomic E-state index is 0.164. The SMILES string of the molecule is C[C@@H](c1ccc(-n2cncn2)cc1)N(C)C(=O)/C=C/c1c(F)cccc1Cl. The van der Waals surface area contributed by atoms with Gasteiger partial charge in [0.15, 0.2) is 0 Å². The molecule has 0 unspecified atom stereocenters. The monoisotopic (exact) mass is 384 g/mol. The van der Waals surface area contributed by atoms with E-state index >= 15 is 0 Å². The Labute approximate surface area is 161 Å². The number of carbonyl (C=O) groups excluding carboxylic acids is 1. The van der Waals surface area contributed by atoms with Gasteiger partial charge in [0.25, 0.3) is 0 Å². The molecule has 27 heavy (non-hydrogen) atoms. The average molecular weight is 385 g/mol. The molecule has 0 N–H and O–H groups in total. The molecule has 3 aromatic rings. The van der Waals surface area contributed by atoms with E-state index in [-0.39, 0.29) is 22.5 Å². The van der Waals surface area contributed by atoms with E-state index in [9.17, 15) is 9.18 Å². The quantitative estimate of drug-likeness (QED) is 0.616. The van der Waals surface area contributed by atoms with Gasteiger partial charge in [0.2, 0.25) is 5.91 Å². The van der Waals surface area contributed by atoms with E-state index in [2.05, 4.69) is 10.1 Å². The van der Waals surface area contributed by atoms with Crippen molar-refractivity contribution in [3.8, 4) is 5.69 Å². The number of halogens is 2. The predicted octanol–water partition coefficient (Wildman–Crippen LogP) is 4.29. The molecule has 0 fully saturated rings. The van der Waals surface area contributed by atoms with Crippen LogP contribution in [0, 0.1) is 5.82 Å². The predicted molar refractivity (Wildman–Crippen MR) is 103 cm³/mol. The number of aromatic nitrogens is 3. The number of carbonyl (C=O) groups is 1. The fourth-order valence-electron chi connectivity index (χ4n) is 2.60. The summed E-state index contributed by atoms with van der Waals surface area (Å²) in [7, 11) is 1.70. The van der Waals surface area contributed by atoms with Crippen LogP contribution in [0.15, 0.2) is 61.2 Å². The van der Waals surface area contributed by atoms with Crippen LogP contribution in [0.2, 0.25) is 5.02 Å². The lowest BCUT2D eigenvalue weighted by Crippen LogP contribution is -2.28. The molecule has 1 heterocycles. The Kier molecular flexibility index (Phi) is 5.66. The van der Waals surface area contributed by atoms with Crippen LogP contribution in [-0.4, -0.2) is 32.6 Å². The van der Waals surface area contributed by atoms with Crippen LogP contribution < -0.4 is 0 Å². The van der Waals surface area contributed by atoms with Crippen molar-refractivity contribution < 1.29 is 9.18 Å². The van der Waals surface area contributed by atoms with Gasteiger partial charge in [-0.05, 0) is 42.8 Å². The summed E-state index contributed by atoms with van der Waals surface area (Å²) in [5.74, 6) is -0.715. The number of nitrogens with zero attached hydrogens (tertiary/aromatic N) is 4. The van der Waals surface area contributed by atoms with Crippen molar-refractivity contribution in [2.24, 2.45) is 0 Å². The first-order chi connectivity index (χ1) is 13.0. The van der Waals surface area contributed by atoms with E-state index in [0.717, 1.165) is 11.3 Å². The van der Waals surface area contributed by atoms with Crippen LogP contribution in [0.1, 0.15) is 24.1 Å². The Bertz CT molecular complexity index is 934. The second-order valence-corrected chi connectivity index (χ2v) is 6.43. The largest absolute Gasteiger partial charge is 0.335 e. The van der Waals surface area contributed by atoms with Crippen LogP contribution in [0.25, 0.3) is 11.8 Å². The van der Waals surface area contributed by atoms with E-state index in [4.69, 9.17) is 11.6 Å². The van der Waals surface area contributed by atoms with Crippen molar-refractivity contribution in [1.82, 2.24) is 19.7 Å². The van der Waals surface area contributed by atoms with Gasteiger partial charge >= 0.3 is 0 Å². The van der Waals surface area contributed by atoms with E-state index < -0.39 is 5.82 Å². The van der Waals surface area contributed by atoms with Gasteiger partial charge in [-0.15, -0.1) is 0 Å². The zero-order chi connectivity index (χ0) is 19.4. The number of hydrogen-bond acceptors (Lipinski definition) is 3. The summed E-state index contributed by atoms with van der Waals surface area (Å²) in [4.78, 5) is 18.0. The van der Waals surface area contributed by atoms with Gasteiger partial charge in [-0.25, -0.2) is 14.1 Å². The van der Waals surface area contributed by atoms with Gasteiger partial charge < -0.3 is 4.90 Å². The van der Waals surface area contributed by atoms with Crippen LogP contribution in [0.4, 0.5) is 4.39 Å². The van der Waals surface area contributed by atoms with Crippen molar-refractivity contribution in [3.05, 3.63) is 83.2 Å². The molecule has 0 bridgehead atoms. The van der Waals surface area contributed by atoms with Gasteiger partial charge in [0, 0.05) is 18.7 Å². The summed E-state index contributed by atoms with van der Waals surface area (Å²) in [6.45, 7) is 1.92. The molecule has 0 saturated carbocycles. The highest BCUT2D eigenvalue weighted by molar-refractivity contribution is 6.32. The van der Waals surface area contributed by atoms with Crippen molar-refractivity contribution in [3.63, 3.8) is 0 Å². The second kappa shape index (κ2) is 8.14. The maximum absolute atomic E-state index is 13.8. The highest BCUT2D eigenvalue weighted by atomic mass is 35.5. The molecule has 1 aromatic heterocycles. The van der Waals surface area contributed by atoms with E-state index in [1.165, 1.54) is 30.6 Å². The molecular weight excluding hydrogens is 367 g/mol. The fraction of sp³-hybridized carbons (Fsp3) is 0.150. The van der Waals surface area contributed by atoms with Gasteiger partial charge in [-0.2, -0.15) is 5.10 Å². The van der Waals surface area contributed by atoms with Gasteiger partial charge in [0.1, 0.15) is 18.5 Å². The first kappa shape index (κ1) is 18.8. The number of likely N-dealkylation sites (N-methyl/N-ethyl adjacent to an activating group) is 1. The molecule has 0 aliphatic heterocycles. The molecule has 0 saturated heterocycles. The molecular formula is C20H18ClFN4O. The van der Waals surface area contributed by atoms with E-state index in [0.29, 0.717) is 0 Å². The molecule has 0 aliphatic carbocycles. The molecule has 7 heteroatoms. The van der Waals surface area contributed by atoms with Crippen LogP contribution in [-0.2, 0) is 4.79 Å². The van der Waals surface area contributed by atoms with Gasteiger partial charge in [-0.1, -0.05) is 29.8 Å². The second-order valence-electron chi connectivity index (χ2n) is 6.03. The highest BCUT2D eigenvalue weighted by Gasteiger charge is 2.16. The number of benzene rings is 2. The van der Waals surface area contributed by atoms with Crippen molar-refractivity contribution in [1.29, 1.82) is 0 Å². The van der Waals surface area contributed by atoms with Gasteiger partial charge in [0.05, 0.1) is 16.8 Å². The highest BCUT2D eigenvalue weighted by Crippen LogP contribution is 2.23. The number of amides is 1. The lowest BCUT2D eigenvalue weighted by atomic mass is 10.1. The van der Waals surface area contributed by atoms with Crippen LogP contribution >= 0.6 is 11.6 Å². The Balaban J connectivity index is 1.72. The third kappa shape index (κ3) is 4.23. The Hall–Kier alpha value is -2.99. The minimum atomic E-state index is -0.467. The Morgan fingerprint density at radius 1 is 1.26 bits per heavy atom. The van der Waals surface area contributed by atoms with Crippen LogP contribution in [0.3, 0.4) is 0 Å². The summed E-state index contributed by atoms with van der Waals surface area (Å²) in [6.07, 6.45) is 5.81. The summed E-state index contributed by atoms with van der Waals surface area (Å²) in [5, 5.41) is 4.34. The molecule has 5 nitrogen and oxygen atoms in total. The summed E-state index contributed by atoms with van der Waals surface area (Å²) < 4.78 is 15.5. The Morgan fingerprint density at radius 3 is 2.63 bits per heavy atom. The van der Waals surface area contributed by atoms with E-state index in [1.807, 2.05) is 31.2 Å². The van der Waals surface area contributed by atoms with Crippen molar-refractivity contribution in [2.45, 2.75) is 13.0 Å². The summed E-state index contributed by atoms with van der Waals surface area (Å²) >= 11 is 5.98. The Morgan fingerprint density at radius 2 is 2.00 bits per heavy atom. The molecule has 1 amide bonds. The minimum Gasteiger partial charge on any atom is -0.335 e. The van der Waals surface area contributed by atoms with Crippen molar-refractivity contribution in [2.75, 3.05) is 7.05 Å². The lowest BCUT2D eigenvalue weighted by molar-refractivity contribution is -0.126. The molecule has 2 aromatic carbocycles. The smallest absolute Gasteiger partial charge is 0.246 e. The number of hydrogen-bond donors (Lipinski definition) is 0. The molecule has 0 radical (unpaired) electrons. The zero-order valence-corrected chi connectivity index (χ0v) is 15.6. The molecule has 3 rings (SSSR count).